The van der Waals surface area contributed by atoms with Gasteiger partial charge in [0.25, 0.3) is 0 Å². The molecule has 0 fully saturated rings. The number of carboxylic acids is 1. The number of aromatic carboxylic acids is 1. The van der Waals surface area contributed by atoms with E-state index in [0.717, 1.165) is 0 Å². The second kappa shape index (κ2) is 3.75. The molecule has 10 heavy (non-hydrogen) atoms. The third-order valence-electron chi connectivity index (χ3n) is 0.847. The number of rotatable bonds is 1. The molecule has 1 aromatic rings. The number of aromatic nitrogens is 1. The molecule has 4 nitrogen and oxygen atoms in total. The fourth-order valence-electron chi connectivity index (χ4n) is 0.467. The van der Waals surface area contributed by atoms with Gasteiger partial charge in [0.15, 0.2) is 5.69 Å². The molecule has 1 rings (SSSR count). The maximum absolute atomic E-state index is 10.1. The smallest absolute Gasteiger partial charge is 0.358 e. The normalized spacial score (nSPS) is 8.50. The van der Waals surface area contributed by atoms with Gasteiger partial charge in [-0.25, -0.2) is 4.79 Å². The average Bonchev–Trinajstić information content (AvgIpc) is 2.14. The summed E-state index contributed by atoms with van der Waals surface area (Å²) in [5, 5.41) is 11.5. The summed E-state index contributed by atoms with van der Waals surface area (Å²) in [6.45, 7) is 1.64. The van der Waals surface area contributed by atoms with E-state index < -0.39 is 5.97 Å². The molecule has 1 N–H and O–H groups in total. The van der Waals surface area contributed by atoms with Crippen LogP contribution in [0.1, 0.15) is 16.2 Å². The maximum atomic E-state index is 10.1. The van der Waals surface area contributed by atoms with Crippen LogP contribution in [0, 0.1) is 6.92 Å². The summed E-state index contributed by atoms with van der Waals surface area (Å²) in [4.78, 5) is 10.1. The Bertz CT molecular complexity index is 233. The SMILES string of the molecule is Cc1cc(C(=O)O)no1.[Na]. The molecule has 0 atom stereocenters. The number of carboxylic acid groups (broad SMARTS) is 1. The van der Waals surface area contributed by atoms with Gasteiger partial charge >= 0.3 is 5.97 Å². The van der Waals surface area contributed by atoms with E-state index in [1.807, 2.05) is 0 Å². The molecule has 0 bridgehead atoms. The van der Waals surface area contributed by atoms with Crippen molar-refractivity contribution in [1.29, 1.82) is 0 Å². The minimum absolute atomic E-state index is 0. The number of aryl methyl sites for hydroxylation is 1. The molecule has 1 heterocycles. The van der Waals surface area contributed by atoms with E-state index in [9.17, 15) is 4.79 Å². The van der Waals surface area contributed by atoms with Gasteiger partial charge in [0, 0.05) is 35.6 Å². The van der Waals surface area contributed by atoms with Crippen molar-refractivity contribution >= 4 is 35.5 Å². The monoisotopic (exact) mass is 150 g/mol. The first-order valence-corrected chi connectivity index (χ1v) is 2.37. The Balaban J connectivity index is 0.000000810. The maximum Gasteiger partial charge on any atom is 0.358 e. The zero-order valence-corrected chi connectivity index (χ0v) is 7.79. The zero-order chi connectivity index (χ0) is 6.85. The van der Waals surface area contributed by atoms with Crippen LogP contribution in [-0.2, 0) is 0 Å². The first-order valence-electron chi connectivity index (χ1n) is 2.37. The topological polar surface area (TPSA) is 63.3 Å². The Morgan fingerprint density at radius 1 is 1.80 bits per heavy atom. The van der Waals surface area contributed by atoms with Gasteiger partial charge in [-0.2, -0.15) is 0 Å². The van der Waals surface area contributed by atoms with Crippen molar-refractivity contribution in [2.75, 3.05) is 0 Å². The Hall–Kier alpha value is -0.320. The Morgan fingerprint density at radius 3 is 2.60 bits per heavy atom. The largest absolute Gasteiger partial charge is 0.476 e. The minimum Gasteiger partial charge on any atom is -0.476 e. The number of hydrogen-bond donors (Lipinski definition) is 1. The third kappa shape index (κ3) is 2.13. The number of carbonyl (C=O) groups is 1. The van der Waals surface area contributed by atoms with E-state index in [0.29, 0.717) is 5.76 Å². The van der Waals surface area contributed by atoms with Crippen molar-refractivity contribution in [2.45, 2.75) is 6.92 Å². The molecule has 0 aliphatic heterocycles. The average molecular weight is 150 g/mol. The molecule has 1 aromatic heterocycles. The molecule has 0 spiro atoms. The molecular weight excluding hydrogens is 145 g/mol. The summed E-state index contributed by atoms with van der Waals surface area (Å²) < 4.78 is 4.49. The molecule has 0 saturated heterocycles. The van der Waals surface area contributed by atoms with Gasteiger partial charge in [0.2, 0.25) is 0 Å². The van der Waals surface area contributed by atoms with E-state index in [4.69, 9.17) is 5.11 Å². The summed E-state index contributed by atoms with van der Waals surface area (Å²) >= 11 is 0. The number of nitrogens with zero attached hydrogens (tertiary/aromatic N) is 1. The Labute approximate surface area is 79.5 Å². The second-order valence-electron chi connectivity index (χ2n) is 1.63. The summed E-state index contributed by atoms with van der Waals surface area (Å²) in [6, 6.07) is 1.36. The molecule has 49 valence electrons. The van der Waals surface area contributed by atoms with Crippen molar-refractivity contribution in [3.05, 3.63) is 17.5 Å². The molecular formula is C5H5NNaO3. The molecule has 0 unspecified atom stereocenters. The van der Waals surface area contributed by atoms with Crippen molar-refractivity contribution in [2.24, 2.45) is 0 Å². The van der Waals surface area contributed by atoms with Crippen molar-refractivity contribution in [1.82, 2.24) is 5.16 Å². The molecule has 0 aliphatic rings. The molecule has 5 heteroatoms. The summed E-state index contributed by atoms with van der Waals surface area (Å²) in [7, 11) is 0. The van der Waals surface area contributed by atoms with Gasteiger partial charge < -0.3 is 9.63 Å². The first-order chi connectivity index (χ1) is 4.20. The van der Waals surface area contributed by atoms with Crippen LogP contribution in [0.2, 0.25) is 0 Å². The molecule has 0 aliphatic carbocycles. The van der Waals surface area contributed by atoms with Crippen molar-refractivity contribution in [3.8, 4) is 0 Å². The summed E-state index contributed by atoms with van der Waals surface area (Å²) in [5.41, 5.74) is -0.0486. The minimum atomic E-state index is -1.06. The predicted octanol–water partition coefficient (Wildman–Crippen LogP) is 0.300. The van der Waals surface area contributed by atoms with Crippen LogP contribution in [0.15, 0.2) is 10.6 Å². The van der Waals surface area contributed by atoms with Crippen molar-refractivity contribution < 1.29 is 14.4 Å². The van der Waals surface area contributed by atoms with Crippen LogP contribution in [0.5, 0.6) is 0 Å². The summed E-state index contributed by atoms with van der Waals surface area (Å²) in [6.07, 6.45) is 0. The van der Waals surface area contributed by atoms with Gasteiger partial charge in [-0.3, -0.25) is 0 Å². The molecule has 0 amide bonds. The quantitative estimate of drug-likeness (QED) is 0.585. The molecule has 1 radical (unpaired) electrons. The van der Waals surface area contributed by atoms with Gasteiger partial charge in [-0.05, 0) is 6.92 Å². The van der Waals surface area contributed by atoms with E-state index >= 15 is 0 Å². The second-order valence-corrected chi connectivity index (χ2v) is 1.63. The van der Waals surface area contributed by atoms with Gasteiger partial charge in [-0.1, -0.05) is 5.16 Å². The Kier molecular flexibility index (Phi) is 3.63. The van der Waals surface area contributed by atoms with Crippen LogP contribution in [0.3, 0.4) is 0 Å². The number of hydrogen-bond acceptors (Lipinski definition) is 3. The molecule has 0 aromatic carbocycles. The van der Waals surface area contributed by atoms with E-state index in [1.165, 1.54) is 6.07 Å². The van der Waals surface area contributed by atoms with Gasteiger partial charge in [0.05, 0.1) is 0 Å². The van der Waals surface area contributed by atoms with Crippen LogP contribution >= 0.6 is 0 Å². The fraction of sp³-hybridized carbons (Fsp3) is 0.200. The fourth-order valence-corrected chi connectivity index (χ4v) is 0.467. The standard InChI is InChI=1S/C5H5NO3.Na/c1-3-2-4(5(7)8)6-9-3;/h2H,1H3,(H,7,8);. The van der Waals surface area contributed by atoms with E-state index in [-0.39, 0.29) is 35.3 Å². The van der Waals surface area contributed by atoms with Crippen LogP contribution in [0.25, 0.3) is 0 Å². The van der Waals surface area contributed by atoms with Crippen LogP contribution in [-0.4, -0.2) is 45.8 Å². The van der Waals surface area contributed by atoms with Gasteiger partial charge in [0.1, 0.15) is 5.76 Å². The van der Waals surface area contributed by atoms with Crippen molar-refractivity contribution in [3.63, 3.8) is 0 Å². The predicted molar refractivity (Wildman–Crippen MR) is 34.0 cm³/mol. The molecule has 0 saturated carbocycles. The van der Waals surface area contributed by atoms with Crippen LogP contribution < -0.4 is 0 Å². The van der Waals surface area contributed by atoms with Crippen LogP contribution in [0.4, 0.5) is 0 Å². The van der Waals surface area contributed by atoms with E-state index in [1.54, 1.807) is 6.92 Å². The summed E-state index contributed by atoms with van der Waals surface area (Å²) in [5.74, 6) is -0.556. The Morgan fingerprint density at radius 2 is 2.40 bits per heavy atom. The third-order valence-corrected chi connectivity index (χ3v) is 0.847. The zero-order valence-electron chi connectivity index (χ0n) is 5.79. The van der Waals surface area contributed by atoms with Gasteiger partial charge in [-0.15, -0.1) is 0 Å². The van der Waals surface area contributed by atoms with E-state index in [2.05, 4.69) is 9.68 Å². The first kappa shape index (κ1) is 9.68.